The van der Waals surface area contributed by atoms with E-state index in [9.17, 15) is 5.11 Å². The molecule has 2 aromatic carbocycles. The maximum Gasteiger partial charge on any atom is 0.124 e. The fourth-order valence-electron chi connectivity index (χ4n) is 2.14. The summed E-state index contributed by atoms with van der Waals surface area (Å²) in [6, 6.07) is 15.5. The van der Waals surface area contributed by atoms with E-state index in [1.54, 1.807) is 6.07 Å². The third kappa shape index (κ3) is 4.45. The van der Waals surface area contributed by atoms with Gasteiger partial charge in [0.2, 0.25) is 0 Å². The van der Waals surface area contributed by atoms with Crippen LogP contribution in [0.1, 0.15) is 45.2 Å². The molecule has 22 heavy (non-hydrogen) atoms. The molecule has 0 radical (unpaired) electrons. The molecule has 0 saturated carbocycles. The number of hydrogen-bond acceptors (Lipinski definition) is 2. The minimum Gasteiger partial charge on any atom is -0.507 e. The Bertz CT molecular complexity index is 617. The zero-order valence-corrected chi connectivity index (χ0v) is 14.3. The Morgan fingerprint density at radius 3 is 2.23 bits per heavy atom. The van der Waals surface area contributed by atoms with Crippen molar-refractivity contribution in [1.82, 2.24) is 0 Å². The predicted octanol–water partition coefficient (Wildman–Crippen LogP) is 5.89. The Balaban J connectivity index is 0.00000116. The molecule has 1 atom stereocenters. The summed E-state index contributed by atoms with van der Waals surface area (Å²) in [5, 5.41) is 10.1. The lowest BCUT2D eigenvalue weighted by atomic mass is 9.95. The fourth-order valence-corrected chi connectivity index (χ4v) is 2.14. The van der Waals surface area contributed by atoms with Crippen molar-refractivity contribution in [2.24, 2.45) is 10.9 Å². The van der Waals surface area contributed by atoms with Gasteiger partial charge in [-0.2, -0.15) is 0 Å². The van der Waals surface area contributed by atoms with Gasteiger partial charge in [-0.25, -0.2) is 0 Å². The first-order valence-electron chi connectivity index (χ1n) is 8.06. The minimum absolute atomic E-state index is 0.292. The number of phenolic OH excluding ortho intramolecular Hbond substituents is 1. The molecule has 0 amide bonds. The van der Waals surface area contributed by atoms with Gasteiger partial charge in [-0.15, -0.1) is 0 Å². The summed E-state index contributed by atoms with van der Waals surface area (Å²) in [6.45, 7) is 10.3. The second kappa shape index (κ2) is 9.04. The number of aliphatic imine (C=N–C) groups is 1. The quantitative estimate of drug-likeness (QED) is 0.701. The van der Waals surface area contributed by atoms with Crippen molar-refractivity contribution < 1.29 is 5.11 Å². The summed E-state index contributed by atoms with van der Waals surface area (Å²) >= 11 is 0. The number of phenols is 1. The van der Waals surface area contributed by atoms with Gasteiger partial charge in [-0.3, -0.25) is 4.99 Å². The number of para-hydroxylation sites is 2. The van der Waals surface area contributed by atoms with Crippen LogP contribution in [0.15, 0.2) is 53.5 Å². The van der Waals surface area contributed by atoms with Crippen LogP contribution in [-0.4, -0.2) is 10.8 Å². The monoisotopic (exact) mass is 297 g/mol. The second-order valence-corrected chi connectivity index (χ2v) is 5.11. The number of rotatable bonds is 4. The Morgan fingerprint density at radius 2 is 1.64 bits per heavy atom. The Labute approximate surface area is 134 Å². The van der Waals surface area contributed by atoms with Crippen molar-refractivity contribution in [2.45, 2.75) is 41.0 Å². The van der Waals surface area contributed by atoms with Crippen molar-refractivity contribution in [3.05, 3.63) is 59.7 Å². The van der Waals surface area contributed by atoms with Crippen molar-refractivity contribution >= 4 is 11.4 Å². The van der Waals surface area contributed by atoms with Gasteiger partial charge in [0.05, 0.1) is 11.4 Å². The Hall–Kier alpha value is -2.09. The summed E-state index contributed by atoms with van der Waals surface area (Å²) in [7, 11) is 0. The van der Waals surface area contributed by atoms with E-state index < -0.39 is 0 Å². The highest BCUT2D eigenvalue weighted by Gasteiger charge is 2.15. The van der Waals surface area contributed by atoms with E-state index in [4.69, 9.17) is 4.99 Å². The lowest BCUT2D eigenvalue weighted by molar-refractivity contribution is 0.473. The number of aromatic hydroxyl groups is 1. The van der Waals surface area contributed by atoms with Gasteiger partial charge in [0.1, 0.15) is 5.75 Å². The number of aryl methyl sites for hydroxylation is 1. The van der Waals surface area contributed by atoms with E-state index in [-0.39, 0.29) is 0 Å². The SMILES string of the molecule is CC.CC[C@@H](C)C(=Nc1ccccc1C)c1ccccc1O. The predicted molar refractivity (Wildman–Crippen MR) is 96.3 cm³/mol. The van der Waals surface area contributed by atoms with Gasteiger partial charge in [0, 0.05) is 5.56 Å². The molecule has 0 aliphatic heterocycles. The van der Waals surface area contributed by atoms with E-state index in [0.29, 0.717) is 11.7 Å². The first kappa shape index (κ1) is 18.0. The number of benzene rings is 2. The molecule has 0 aromatic heterocycles. The molecule has 0 saturated heterocycles. The molecule has 0 bridgehead atoms. The van der Waals surface area contributed by atoms with Crippen LogP contribution in [0, 0.1) is 12.8 Å². The second-order valence-electron chi connectivity index (χ2n) is 5.11. The third-order valence-corrected chi connectivity index (χ3v) is 3.62. The molecule has 1 N–H and O–H groups in total. The molecule has 118 valence electrons. The summed E-state index contributed by atoms with van der Waals surface area (Å²) in [5.41, 5.74) is 3.87. The lowest BCUT2D eigenvalue weighted by Gasteiger charge is -2.15. The maximum atomic E-state index is 10.1. The van der Waals surface area contributed by atoms with Crippen LogP contribution in [0.2, 0.25) is 0 Å². The molecule has 2 aromatic rings. The van der Waals surface area contributed by atoms with Gasteiger partial charge >= 0.3 is 0 Å². The molecule has 0 aliphatic carbocycles. The summed E-state index contributed by atoms with van der Waals surface area (Å²) < 4.78 is 0. The average Bonchev–Trinajstić information content (AvgIpc) is 2.56. The summed E-state index contributed by atoms with van der Waals surface area (Å²) in [4.78, 5) is 4.82. The van der Waals surface area contributed by atoms with Gasteiger partial charge < -0.3 is 5.11 Å². The first-order valence-corrected chi connectivity index (χ1v) is 8.06. The van der Waals surface area contributed by atoms with E-state index in [0.717, 1.165) is 28.9 Å². The van der Waals surface area contributed by atoms with Gasteiger partial charge in [-0.1, -0.05) is 58.0 Å². The molecule has 2 heteroatoms. The molecule has 0 fully saturated rings. The zero-order valence-electron chi connectivity index (χ0n) is 14.3. The van der Waals surface area contributed by atoms with Crippen molar-refractivity contribution in [3.63, 3.8) is 0 Å². The largest absolute Gasteiger partial charge is 0.507 e. The normalized spacial score (nSPS) is 12.3. The molecular weight excluding hydrogens is 270 g/mol. The number of nitrogens with zero attached hydrogens (tertiary/aromatic N) is 1. The maximum absolute atomic E-state index is 10.1. The van der Waals surface area contributed by atoms with Gasteiger partial charge in [-0.05, 0) is 43.0 Å². The van der Waals surface area contributed by atoms with Crippen molar-refractivity contribution in [1.29, 1.82) is 0 Å². The van der Waals surface area contributed by atoms with Crippen LogP contribution in [0.25, 0.3) is 0 Å². The molecule has 2 rings (SSSR count). The van der Waals surface area contributed by atoms with Gasteiger partial charge in [0.15, 0.2) is 0 Å². The standard InChI is InChI=1S/C18H21NO.C2H6/c1-4-13(2)18(15-10-6-8-12-17(15)20)19-16-11-7-5-9-14(16)3;1-2/h5-13,20H,4H2,1-3H3;1-2H3/t13-;/m1./s1. The number of hydrogen-bond donors (Lipinski definition) is 1. The summed E-state index contributed by atoms with van der Waals surface area (Å²) in [6.07, 6.45) is 0.985. The molecule has 0 heterocycles. The highest BCUT2D eigenvalue weighted by molar-refractivity contribution is 6.05. The minimum atomic E-state index is 0.292. The zero-order chi connectivity index (χ0) is 16.5. The molecule has 0 spiro atoms. The van der Waals surface area contributed by atoms with Crippen LogP contribution >= 0.6 is 0 Å². The van der Waals surface area contributed by atoms with E-state index in [1.165, 1.54) is 0 Å². The Morgan fingerprint density at radius 1 is 1.05 bits per heavy atom. The van der Waals surface area contributed by atoms with Crippen LogP contribution in [0.4, 0.5) is 5.69 Å². The van der Waals surface area contributed by atoms with E-state index in [2.05, 4.69) is 26.8 Å². The van der Waals surface area contributed by atoms with Crippen LogP contribution in [0.5, 0.6) is 5.75 Å². The topological polar surface area (TPSA) is 32.6 Å². The average molecular weight is 297 g/mol. The molecular formula is C20H27NO. The van der Waals surface area contributed by atoms with Crippen LogP contribution in [-0.2, 0) is 0 Å². The fraction of sp³-hybridized carbons (Fsp3) is 0.350. The summed E-state index contributed by atoms with van der Waals surface area (Å²) in [5.74, 6) is 0.586. The molecule has 0 unspecified atom stereocenters. The van der Waals surface area contributed by atoms with Crippen molar-refractivity contribution in [2.75, 3.05) is 0 Å². The highest BCUT2D eigenvalue weighted by Crippen LogP contribution is 2.26. The van der Waals surface area contributed by atoms with Crippen LogP contribution < -0.4 is 0 Å². The first-order chi connectivity index (χ1) is 10.6. The Kier molecular flexibility index (Phi) is 7.38. The van der Waals surface area contributed by atoms with Crippen molar-refractivity contribution in [3.8, 4) is 5.75 Å². The lowest BCUT2D eigenvalue weighted by Crippen LogP contribution is -2.12. The highest BCUT2D eigenvalue weighted by atomic mass is 16.3. The smallest absolute Gasteiger partial charge is 0.124 e. The van der Waals surface area contributed by atoms with Crippen LogP contribution in [0.3, 0.4) is 0 Å². The molecule has 2 nitrogen and oxygen atoms in total. The van der Waals surface area contributed by atoms with E-state index >= 15 is 0 Å². The van der Waals surface area contributed by atoms with E-state index in [1.807, 2.05) is 50.2 Å². The van der Waals surface area contributed by atoms with Gasteiger partial charge in [0.25, 0.3) is 0 Å². The third-order valence-electron chi connectivity index (χ3n) is 3.62. The molecule has 0 aliphatic rings.